The van der Waals surface area contributed by atoms with E-state index in [1.807, 2.05) is 36.4 Å². The molecule has 0 N–H and O–H groups in total. The largest absolute Gasteiger partial charge is 0.458 e. The molecule has 0 radical (unpaired) electrons. The molecule has 48 heavy (non-hydrogen) atoms. The van der Waals surface area contributed by atoms with Gasteiger partial charge in [0.15, 0.2) is 0 Å². The Bertz CT molecular complexity index is 2810. The highest BCUT2D eigenvalue weighted by Gasteiger charge is 2.46. The molecule has 3 aliphatic heterocycles. The van der Waals surface area contributed by atoms with Gasteiger partial charge in [-0.05, 0) is 60.7 Å². The van der Waals surface area contributed by atoms with Crippen LogP contribution in [0.5, 0.6) is 34.5 Å². The summed E-state index contributed by atoms with van der Waals surface area (Å²) in [7, 11) is 0. The van der Waals surface area contributed by atoms with Crippen LogP contribution in [0.1, 0.15) is 0 Å². The van der Waals surface area contributed by atoms with Crippen molar-refractivity contribution >= 4 is 66.7 Å². The Balaban J connectivity index is 1.17. The van der Waals surface area contributed by atoms with Gasteiger partial charge in [0.05, 0.1) is 27.8 Å². The molecule has 0 saturated carbocycles. The van der Waals surface area contributed by atoms with Gasteiger partial charge < -0.3 is 23.3 Å². The van der Waals surface area contributed by atoms with Crippen LogP contribution in [0.15, 0.2) is 140 Å². The predicted octanol–water partition coefficient (Wildman–Crippen LogP) is 8.71. The molecule has 0 atom stereocenters. The molecule has 2 aromatic heterocycles. The first-order valence-electron chi connectivity index (χ1n) is 16.3. The van der Waals surface area contributed by atoms with Crippen molar-refractivity contribution in [1.82, 2.24) is 9.13 Å². The number of ether oxygens (including phenoxy) is 3. The van der Waals surface area contributed by atoms with Crippen LogP contribution >= 0.6 is 0 Å². The van der Waals surface area contributed by atoms with Crippen molar-refractivity contribution in [2.75, 3.05) is 0 Å². The lowest BCUT2D eigenvalue weighted by molar-refractivity contribution is 0.442. The summed E-state index contributed by atoms with van der Waals surface area (Å²) in [5.41, 5.74) is 9.97. The zero-order valence-electron chi connectivity index (χ0n) is 25.5. The molecule has 9 aromatic rings. The van der Waals surface area contributed by atoms with Gasteiger partial charge in [-0.25, -0.2) is 0 Å². The van der Waals surface area contributed by atoms with Crippen LogP contribution < -0.4 is 30.6 Å². The quantitative estimate of drug-likeness (QED) is 0.183. The van der Waals surface area contributed by atoms with E-state index in [0.29, 0.717) is 0 Å². The van der Waals surface area contributed by atoms with E-state index < -0.39 is 0 Å². The fourth-order valence-electron chi connectivity index (χ4n) is 8.58. The van der Waals surface area contributed by atoms with Gasteiger partial charge in [0.2, 0.25) is 0 Å². The third-order valence-corrected chi connectivity index (χ3v) is 10.4. The molecule has 5 heterocycles. The lowest BCUT2D eigenvalue weighted by Crippen LogP contribution is -2.59. The van der Waals surface area contributed by atoms with E-state index in [4.69, 9.17) is 14.2 Å². The summed E-state index contributed by atoms with van der Waals surface area (Å²) < 4.78 is 24.5. The van der Waals surface area contributed by atoms with Crippen molar-refractivity contribution in [3.05, 3.63) is 140 Å². The van der Waals surface area contributed by atoms with Crippen molar-refractivity contribution in [3.8, 4) is 45.9 Å². The maximum atomic E-state index is 6.72. The van der Waals surface area contributed by atoms with Gasteiger partial charge in [-0.15, -0.1) is 0 Å². The zero-order valence-corrected chi connectivity index (χ0v) is 25.5. The lowest BCUT2D eigenvalue weighted by atomic mass is 9.34. The molecule has 222 valence electrons. The van der Waals surface area contributed by atoms with Crippen LogP contribution in [0, 0.1) is 0 Å². The average Bonchev–Trinajstić information content (AvgIpc) is 3.65. The highest BCUT2D eigenvalue weighted by Crippen LogP contribution is 2.45. The Labute approximate surface area is 274 Å². The number of nitrogens with zero attached hydrogens (tertiary/aromatic N) is 2. The summed E-state index contributed by atoms with van der Waals surface area (Å²) in [5, 5.41) is 4.92. The molecule has 0 bridgehead atoms. The van der Waals surface area contributed by atoms with Crippen molar-refractivity contribution in [2.45, 2.75) is 0 Å². The second-order valence-electron chi connectivity index (χ2n) is 12.8. The summed E-state index contributed by atoms with van der Waals surface area (Å²) in [4.78, 5) is 0. The van der Waals surface area contributed by atoms with Crippen LogP contribution in [0.4, 0.5) is 0 Å². The Morgan fingerprint density at radius 3 is 1.33 bits per heavy atom. The van der Waals surface area contributed by atoms with Crippen molar-refractivity contribution < 1.29 is 14.2 Å². The number of benzene rings is 7. The van der Waals surface area contributed by atoms with E-state index in [1.54, 1.807) is 0 Å². The van der Waals surface area contributed by atoms with Crippen molar-refractivity contribution in [2.24, 2.45) is 0 Å². The van der Waals surface area contributed by atoms with Gasteiger partial charge in [0, 0.05) is 55.8 Å². The molecule has 0 fully saturated rings. The molecule has 0 saturated heterocycles. The summed E-state index contributed by atoms with van der Waals surface area (Å²) in [6.45, 7) is -0.0143. The molecule has 5 nitrogen and oxygen atoms in total. The Hall–Kier alpha value is -6.40. The smallest absolute Gasteiger partial charge is 0.270 e. The highest BCUT2D eigenvalue weighted by molar-refractivity contribution is 6.99. The molecule has 12 rings (SSSR count). The SMILES string of the molecule is c1ccc(-n2c3ccccc3c3c4c5ccccc5n(-c5cc6c7c(c5)Oc5cccc8c5B7c5c(cccc5O6)O8)c4ccc32)cc1. The number of para-hydroxylation sites is 3. The number of hydrogen-bond donors (Lipinski definition) is 0. The maximum Gasteiger partial charge on any atom is 0.270 e. The van der Waals surface area contributed by atoms with Crippen molar-refractivity contribution in [1.29, 1.82) is 0 Å². The Morgan fingerprint density at radius 1 is 0.354 bits per heavy atom. The number of fused-ring (bicyclic) bond motifs is 7. The van der Waals surface area contributed by atoms with Gasteiger partial charge in [-0.3, -0.25) is 0 Å². The first-order valence-corrected chi connectivity index (χ1v) is 16.3. The number of aromatic nitrogens is 2. The van der Waals surface area contributed by atoms with E-state index in [1.165, 1.54) is 32.6 Å². The molecule has 0 spiro atoms. The molecular formula is C42H23BN2O3. The molecule has 0 amide bonds. The number of rotatable bonds is 2. The van der Waals surface area contributed by atoms with Gasteiger partial charge in [-0.1, -0.05) is 66.7 Å². The van der Waals surface area contributed by atoms with Gasteiger partial charge >= 0.3 is 0 Å². The number of hydrogen-bond acceptors (Lipinski definition) is 3. The van der Waals surface area contributed by atoms with E-state index in [-0.39, 0.29) is 6.71 Å². The van der Waals surface area contributed by atoms with Crippen LogP contribution in [0.3, 0.4) is 0 Å². The minimum Gasteiger partial charge on any atom is -0.458 e. The summed E-state index contributed by atoms with van der Waals surface area (Å²) in [6, 6.07) is 49.1. The minimum absolute atomic E-state index is 0.0143. The second-order valence-corrected chi connectivity index (χ2v) is 12.8. The third-order valence-electron chi connectivity index (χ3n) is 10.4. The second kappa shape index (κ2) is 8.69. The van der Waals surface area contributed by atoms with Gasteiger partial charge in [-0.2, -0.15) is 0 Å². The fraction of sp³-hybridized carbons (Fsp3) is 0. The van der Waals surface area contributed by atoms with Crippen molar-refractivity contribution in [3.63, 3.8) is 0 Å². The molecule has 0 aliphatic carbocycles. The standard InChI is InChI=1S/C42H23BN2O3/c1-2-10-24(11-3-1)44-28-14-6-4-12-26(28)38-30(44)20-21-31-39(38)27-13-5-7-15-29(27)45(31)25-22-36-42-37(23-25)48-35-19-9-17-33-41(35)43(42)40-32(46-33)16-8-18-34(40)47-36/h1-23H. The maximum absolute atomic E-state index is 6.72. The van der Waals surface area contributed by atoms with E-state index in [9.17, 15) is 0 Å². The lowest BCUT2D eigenvalue weighted by Gasteiger charge is -2.37. The van der Waals surface area contributed by atoms with E-state index in [0.717, 1.165) is 73.3 Å². The molecular weight excluding hydrogens is 591 g/mol. The molecule has 0 unspecified atom stereocenters. The van der Waals surface area contributed by atoms with Crippen LogP contribution in [0.2, 0.25) is 0 Å². The summed E-state index contributed by atoms with van der Waals surface area (Å²) in [5.74, 6) is 4.96. The fourth-order valence-corrected chi connectivity index (χ4v) is 8.58. The summed E-state index contributed by atoms with van der Waals surface area (Å²) >= 11 is 0. The Morgan fingerprint density at radius 2 is 0.792 bits per heavy atom. The normalized spacial score (nSPS) is 13.5. The minimum atomic E-state index is -0.0143. The molecule has 3 aliphatic rings. The van der Waals surface area contributed by atoms with E-state index >= 15 is 0 Å². The first kappa shape index (κ1) is 24.8. The topological polar surface area (TPSA) is 37.5 Å². The highest BCUT2D eigenvalue weighted by atomic mass is 16.5. The van der Waals surface area contributed by atoms with Crippen LogP contribution in [-0.4, -0.2) is 15.8 Å². The summed E-state index contributed by atoms with van der Waals surface area (Å²) in [6.07, 6.45) is 0. The zero-order chi connectivity index (χ0) is 31.1. The molecule has 6 heteroatoms. The Kier molecular flexibility index (Phi) is 4.49. The monoisotopic (exact) mass is 614 g/mol. The predicted molar refractivity (Wildman–Crippen MR) is 193 cm³/mol. The van der Waals surface area contributed by atoms with Gasteiger partial charge in [0.1, 0.15) is 34.5 Å². The van der Waals surface area contributed by atoms with Crippen LogP contribution in [0.25, 0.3) is 55.0 Å². The van der Waals surface area contributed by atoms with Gasteiger partial charge in [0.25, 0.3) is 6.71 Å². The van der Waals surface area contributed by atoms with Crippen LogP contribution in [-0.2, 0) is 0 Å². The molecule has 7 aromatic carbocycles. The van der Waals surface area contributed by atoms with E-state index in [2.05, 4.69) is 112 Å². The third kappa shape index (κ3) is 2.99. The average molecular weight is 614 g/mol. The first-order chi connectivity index (χ1) is 23.8.